The zero-order valence-corrected chi connectivity index (χ0v) is 11.2. The number of benzene rings is 2. The molecule has 1 aliphatic rings. The van der Waals surface area contributed by atoms with Crippen molar-refractivity contribution in [3.8, 4) is 5.75 Å². The summed E-state index contributed by atoms with van der Waals surface area (Å²) in [6, 6.07) is 11.4. The second kappa shape index (κ2) is 4.86. The highest BCUT2D eigenvalue weighted by molar-refractivity contribution is 6.14. The molecule has 5 nitrogen and oxygen atoms in total. The molecule has 1 heterocycles. The first kappa shape index (κ1) is 13.1. The molecule has 2 aromatic rings. The monoisotopic (exact) mass is 281 g/mol. The predicted octanol–water partition coefficient (Wildman–Crippen LogP) is 3.52. The molecule has 0 aliphatic carbocycles. The summed E-state index contributed by atoms with van der Waals surface area (Å²) in [4.78, 5) is 22.5. The van der Waals surface area contributed by atoms with Crippen LogP contribution in [0.2, 0.25) is 0 Å². The van der Waals surface area contributed by atoms with Crippen molar-refractivity contribution in [1.82, 2.24) is 0 Å². The smallest absolute Gasteiger partial charge is 0.270 e. The maximum atomic E-state index is 12.2. The molecule has 0 saturated carbocycles. The van der Waals surface area contributed by atoms with Crippen LogP contribution in [0, 0.1) is 17.0 Å². The highest BCUT2D eigenvalue weighted by atomic mass is 16.6. The van der Waals surface area contributed by atoms with Gasteiger partial charge in [0.25, 0.3) is 5.69 Å². The van der Waals surface area contributed by atoms with E-state index in [0.29, 0.717) is 16.9 Å². The van der Waals surface area contributed by atoms with Crippen molar-refractivity contribution < 1.29 is 14.5 Å². The van der Waals surface area contributed by atoms with Crippen molar-refractivity contribution in [2.75, 3.05) is 0 Å². The van der Waals surface area contributed by atoms with Crippen molar-refractivity contribution >= 4 is 17.5 Å². The Hall–Kier alpha value is -2.95. The third kappa shape index (κ3) is 2.41. The van der Waals surface area contributed by atoms with Crippen LogP contribution in [0.15, 0.2) is 48.2 Å². The van der Waals surface area contributed by atoms with Crippen LogP contribution in [0.1, 0.15) is 21.5 Å². The minimum absolute atomic E-state index is 0.0249. The largest absolute Gasteiger partial charge is 0.452 e. The fraction of sp³-hybridized carbons (Fsp3) is 0.0625. The fourth-order valence-electron chi connectivity index (χ4n) is 2.18. The average molecular weight is 281 g/mol. The lowest BCUT2D eigenvalue weighted by atomic mass is 10.1. The zero-order chi connectivity index (χ0) is 15.0. The molecule has 5 heteroatoms. The number of ether oxygens (including phenoxy) is 1. The SMILES string of the molecule is Cc1ccc2c(c1)C(=O)/C(=C\c1cccc([N+](=O)[O-])c1)O2. The molecule has 0 amide bonds. The number of fused-ring (bicyclic) bond motifs is 1. The van der Waals surface area contributed by atoms with Crippen LogP contribution in [0.3, 0.4) is 0 Å². The van der Waals surface area contributed by atoms with Crippen molar-refractivity contribution in [3.05, 3.63) is 75.0 Å². The van der Waals surface area contributed by atoms with Gasteiger partial charge in [-0.2, -0.15) is 0 Å². The molecule has 104 valence electrons. The van der Waals surface area contributed by atoms with Crippen LogP contribution in [-0.4, -0.2) is 10.7 Å². The van der Waals surface area contributed by atoms with Gasteiger partial charge >= 0.3 is 0 Å². The van der Waals surface area contributed by atoms with E-state index in [0.717, 1.165) is 5.56 Å². The van der Waals surface area contributed by atoms with Gasteiger partial charge in [0.2, 0.25) is 5.78 Å². The summed E-state index contributed by atoms with van der Waals surface area (Å²) in [6.07, 6.45) is 1.52. The first-order valence-corrected chi connectivity index (χ1v) is 6.34. The molecule has 0 N–H and O–H groups in total. The number of carbonyl (C=O) groups is 1. The van der Waals surface area contributed by atoms with Crippen LogP contribution >= 0.6 is 0 Å². The number of nitro benzene ring substituents is 1. The summed E-state index contributed by atoms with van der Waals surface area (Å²) >= 11 is 0. The molecule has 2 aromatic carbocycles. The van der Waals surface area contributed by atoms with E-state index in [9.17, 15) is 14.9 Å². The topological polar surface area (TPSA) is 69.4 Å². The summed E-state index contributed by atoms with van der Waals surface area (Å²) in [6.45, 7) is 1.90. The van der Waals surface area contributed by atoms with Crippen LogP contribution in [0.4, 0.5) is 5.69 Å². The lowest BCUT2D eigenvalue weighted by Gasteiger charge is -1.99. The highest BCUT2D eigenvalue weighted by Gasteiger charge is 2.27. The van der Waals surface area contributed by atoms with Gasteiger partial charge in [0, 0.05) is 12.1 Å². The summed E-state index contributed by atoms with van der Waals surface area (Å²) in [5.74, 6) is 0.485. The maximum Gasteiger partial charge on any atom is 0.270 e. The molecule has 0 radical (unpaired) electrons. The van der Waals surface area contributed by atoms with Gasteiger partial charge in [-0.3, -0.25) is 14.9 Å². The number of non-ortho nitro benzene ring substituents is 1. The lowest BCUT2D eigenvalue weighted by molar-refractivity contribution is -0.384. The minimum atomic E-state index is -0.475. The van der Waals surface area contributed by atoms with E-state index in [1.54, 1.807) is 24.3 Å². The Bertz CT molecular complexity index is 793. The second-order valence-corrected chi connectivity index (χ2v) is 4.79. The second-order valence-electron chi connectivity index (χ2n) is 4.79. The molecule has 0 unspecified atom stereocenters. The summed E-state index contributed by atoms with van der Waals surface area (Å²) in [5, 5.41) is 10.8. The number of ketones is 1. The number of nitro groups is 1. The molecule has 0 atom stereocenters. The Morgan fingerprint density at radius 3 is 2.76 bits per heavy atom. The molecule has 0 saturated heterocycles. The first-order chi connectivity index (χ1) is 10.0. The fourth-order valence-corrected chi connectivity index (χ4v) is 2.18. The first-order valence-electron chi connectivity index (χ1n) is 6.34. The summed E-state index contributed by atoms with van der Waals surface area (Å²) in [7, 11) is 0. The van der Waals surface area contributed by atoms with Gasteiger partial charge < -0.3 is 4.74 Å². The molecule has 3 rings (SSSR count). The van der Waals surface area contributed by atoms with E-state index >= 15 is 0 Å². The van der Waals surface area contributed by atoms with E-state index in [1.165, 1.54) is 18.2 Å². The van der Waals surface area contributed by atoms with Crippen molar-refractivity contribution in [2.45, 2.75) is 6.92 Å². The molecule has 1 aliphatic heterocycles. The quantitative estimate of drug-likeness (QED) is 0.479. The minimum Gasteiger partial charge on any atom is -0.452 e. The van der Waals surface area contributed by atoms with Gasteiger partial charge in [-0.15, -0.1) is 0 Å². The number of Topliss-reactive ketones (excluding diaryl/α,β-unsaturated/α-hetero) is 1. The van der Waals surface area contributed by atoms with Gasteiger partial charge in [0.05, 0.1) is 10.5 Å². The van der Waals surface area contributed by atoms with Gasteiger partial charge in [0.15, 0.2) is 5.76 Å². The van der Waals surface area contributed by atoms with Crippen molar-refractivity contribution in [3.63, 3.8) is 0 Å². The molecule has 0 spiro atoms. The molecule has 21 heavy (non-hydrogen) atoms. The van der Waals surface area contributed by atoms with Crippen LogP contribution in [0.5, 0.6) is 5.75 Å². The van der Waals surface area contributed by atoms with Crippen molar-refractivity contribution in [1.29, 1.82) is 0 Å². The summed E-state index contributed by atoms with van der Waals surface area (Å²) in [5.41, 5.74) is 2.02. The zero-order valence-electron chi connectivity index (χ0n) is 11.2. The Labute approximate surface area is 120 Å². The maximum absolute atomic E-state index is 12.2. The Balaban J connectivity index is 1.98. The Morgan fingerprint density at radius 2 is 2.00 bits per heavy atom. The average Bonchev–Trinajstić information content (AvgIpc) is 2.76. The normalized spacial score (nSPS) is 14.9. The Morgan fingerprint density at radius 1 is 1.19 bits per heavy atom. The van der Waals surface area contributed by atoms with Crippen LogP contribution in [0.25, 0.3) is 6.08 Å². The summed E-state index contributed by atoms with van der Waals surface area (Å²) < 4.78 is 5.52. The van der Waals surface area contributed by atoms with E-state index in [-0.39, 0.29) is 17.2 Å². The molecule has 0 fully saturated rings. The number of aryl methyl sites for hydroxylation is 1. The third-order valence-electron chi connectivity index (χ3n) is 3.20. The van der Waals surface area contributed by atoms with Gasteiger partial charge in [0.1, 0.15) is 5.75 Å². The molecule has 0 aromatic heterocycles. The standard InChI is InChI=1S/C16H11NO4/c1-10-5-6-14-13(7-10)16(18)15(21-14)9-11-3-2-4-12(8-11)17(19)20/h2-9H,1H3/b15-9+. The van der Waals surface area contributed by atoms with Crippen molar-refractivity contribution in [2.24, 2.45) is 0 Å². The number of allylic oxidation sites excluding steroid dienone is 1. The number of hydrogen-bond acceptors (Lipinski definition) is 4. The third-order valence-corrected chi connectivity index (χ3v) is 3.20. The molecular weight excluding hydrogens is 270 g/mol. The van der Waals surface area contributed by atoms with E-state index < -0.39 is 4.92 Å². The van der Waals surface area contributed by atoms with Gasteiger partial charge in [-0.1, -0.05) is 23.8 Å². The van der Waals surface area contributed by atoms with Crippen LogP contribution < -0.4 is 4.74 Å². The predicted molar refractivity (Wildman–Crippen MR) is 77.2 cm³/mol. The number of nitrogens with zero attached hydrogens (tertiary/aromatic N) is 1. The van der Waals surface area contributed by atoms with E-state index in [2.05, 4.69) is 0 Å². The Kier molecular flexibility index (Phi) is 3.02. The number of hydrogen-bond donors (Lipinski definition) is 0. The van der Waals surface area contributed by atoms with E-state index in [4.69, 9.17) is 4.74 Å². The molecule has 0 bridgehead atoms. The van der Waals surface area contributed by atoms with Crippen LogP contribution in [-0.2, 0) is 0 Å². The van der Waals surface area contributed by atoms with Gasteiger partial charge in [-0.05, 0) is 30.7 Å². The van der Waals surface area contributed by atoms with E-state index in [1.807, 2.05) is 13.0 Å². The lowest BCUT2D eigenvalue weighted by Crippen LogP contribution is -1.98. The highest BCUT2D eigenvalue weighted by Crippen LogP contribution is 2.32. The number of rotatable bonds is 2. The van der Waals surface area contributed by atoms with Gasteiger partial charge in [-0.25, -0.2) is 0 Å². The number of carbonyl (C=O) groups excluding carboxylic acids is 1. The molecular formula is C16H11NO4.